The molecule has 0 saturated carbocycles. The maximum absolute atomic E-state index is 12.0. The summed E-state index contributed by atoms with van der Waals surface area (Å²) in [6, 6.07) is 7.92. The fourth-order valence-corrected chi connectivity index (χ4v) is 2.68. The number of ether oxygens (including phenoxy) is 1. The van der Waals surface area contributed by atoms with E-state index in [1.807, 2.05) is 25.1 Å². The van der Waals surface area contributed by atoms with Crippen LogP contribution in [0.15, 0.2) is 24.3 Å². The number of urea groups is 1. The average molecular weight is 294 g/mol. The topological polar surface area (TPSA) is 50.4 Å². The summed E-state index contributed by atoms with van der Waals surface area (Å²) >= 11 is 1.79. The Morgan fingerprint density at radius 1 is 1.50 bits per heavy atom. The first-order chi connectivity index (χ1) is 9.60. The van der Waals surface area contributed by atoms with Crippen LogP contribution in [0.4, 0.5) is 10.5 Å². The van der Waals surface area contributed by atoms with Crippen molar-refractivity contribution >= 4 is 23.5 Å². The van der Waals surface area contributed by atoms with E-state index in [-0.39, 0.29) is 18.2 Å². The van der Waals surface area contributed by atoms with Crippen molar-refractivity contribution in [2.45, 2.75) is 37.7 Å². The summed E-state index contributed by atoms with van der Waals surface area (Å²) in [7, 11) is 0. The molecule has 1 fully saturated rings. The Morgan fingerprint density at radius 2 is 2.30 bits per heavy atom. The van der Waals surface area contributed by atoms with Gasteiger partial charge in [-0.2, -0.15) is 11.8 Å². The van der Waals surface area contributed by atoms with Gasteiger partial charge in [0.25, 0.3) is 0 Å². The molecule has 4 nitrogen and oxygen atoms in total. The minimum Gasteiger partial charge on any atom is -0.376 e. The summed E-state index contributed by atoms with van der Waals surface area (Å²) in [5.74, 6) is 0. The van der Waals surface area contributed by atoms with E-state index in [9.17, 15) is 4.79 Å². The van der Waals surface area contributed by atoms with Gasteiger partial charge in [-0.25, -0.2) is 4.79 Å². The Bertz CT molecular complexity index is 467. The summed E-state index contributed by atoms with van der Waals surface area (Å²) in [6.07, 6.45) is 3.04. The molecule has 2 N–H and O–H groups in total. The van der Waals surface area contributed by atoms with Crippen molar-refractivity contribution in [3.05, 3.63) is 29.8 Å². The largest absolute Gasteiger partial charge is 0.376 e. The number of nitrogens with one attached hydrogen (secondary N) is 2. The molecule has 1 saturated heterocycles. The molecule has 20 heavy (non-hydrogen) atoms. The number of carbonyl (C=O) groups is 1. The van der Waals surface area contributed by atoms with Crippen LogP contribution >= 0.6 is 11.8 Å². The fourth-order valence-electron chi connectivity index (χ4n) is 2.26. The molecular formula is C15H22N2O2S. The van der Waals surface area contributed by atoms with Crippen molar-refractivity contribution in [1.82, 2.24) is 5.32 Å². The zero-order valence-corrected chi connectivity index (χ0v) is 13.0. The van der Waals surface area contributed by atoms with Gasteiger partial charge in [0.05, 0.1) is 12.1 Å². The molecule has 1 aliphatic heterocycles. The quantitative estimate of drug-likeness (QED) is 0.894. The van der Waals surface area contributed by atoms with Crippen LogP contribution < -0.4 is 10.6 Å². The van der Waals surface area contributed by atoms with Gasteiger partial charge >= 0.3 is 6.03 Å². The molecule has 0 aliphatic carbocycles. The van der Waals surface area contributed by atoms with Crippen LogP contribution in [0.3, 0.4) is 0 Å². The van der Waals surface area contributed by atoms with Gasteiger partial charge in [0.2, 0.25) is 0 Å². The molecule has 0 spiro atoms. The zero-order valence-electron chi connectivity index (χ0n) is 12.2. The van der Waals surface area contributed by atoms with Crippen LogP contribution in [-0.2, 0) is 4.74 Å². The number of benzene rings is 1. The molecule has 3 atom stereocenters. The zero-order chi connectivity index (χ0) is 14.5. The maximum Gasteiger partial charge on any atom is 0.319 e. The first-order valence-corrected chi connectivity index (χ1v) is 8.21. The summed E-state index contributed by atoms with van der Waals surface area (Å²) < 4.78 is 5.44. The highest BCUT2D eigenvalue weighted by Gasteiger charge is 2.25. The molecule has 1 aliphatic rings. The molecule has 1 heterocycles. The van der Waals surface area contributed by atoms with E-state index >= 15 is 0 Å². The Hall–Kier alpha value is -1.20. The number of anilines is 1. The van der Waals surface area contributed by atoms with Crippen molar-refractivity contribution in [2.24, 2.45) is 0 Å². The van der Waals surface area contributed by atoms with Crippen LogP contribution in [0.2, 0.25) is 0 Å². The first kappa shape index (κ1) is 15.2. The Morgan fingerprint density at radius 3 is 2.95 bits per heavy atom. The SMILES string of the molecule is CSC(C)c1cccc(NC(=O)NC2CCOC2C)c1. The van der Waals surface area contributed by atoms with E-state index in [1.165, 1.54) is 5.56 Å². The predicted molar refractivity (Wildman–Crippen MR) is 84.3 cm³/mol. The monoisotopic (exact) mass is 294 g/mol. The van der Waals surface area contributed by atoms with Gasteiger partial charge in [-0.1, -0.05) is 12.1 Å². The van der Waals surface area contributed by atoms with Gasteiger partial charge in [-0.3, -0.25) is 0 Å². The third-order valence-corrected chi connectivity index (χ3v) is 4.64. The Balaban J connectivity index is 1.93. The van der Waals surface area contributed by atoms with E-state index < -0.39 is 0 Å². The second-order valence-electron chi connectivity index (χ2n) is 5.07. The van der Waals surface area contributed by atoms with Crippen LogP contribution in [0.25, 0.3) is 0 Å². The predicted octanol–water partition coefficient (Wildman–Crippen LogP) is 3.41. The molecule has 0 bridgehead atoms. The molecule has 110 valence electrons. The molecule has 0 radical (unpaired) electrons. The lowest BCUT2D eigenvalue weighted by atomic mass is 10.1. The molecule has 3 unspecified atom stereocenters. The molecule has 1 aromatic carbocycles. The number of thioether (sulfide) groups is 1. The third-order valence-electron chi connectivity index (χ3n) is 3.66. The smallest absolute Gasteiger partial charge is 0.319 e. The second kappa shape index (κ2) is 6.99. The number of hydrogen-bond acceptors (Lipinski definition) is 3. The lowest BCUT2D eigenvalue weighted by Crippen LogP contribution is -2.41. The maximum atomic E-state index is 12.0. The fraction of sp³-hybridized carbons (Fsp3) is 0.533. The van der Waals surface area contributed by atoms with Crippen LogP contribution in [0, 0.1) is 0 Å². The summed E-state index contributed by atoms with van der Waals surface area (Å²) in [6.45, 7) is 4.85. The van der Waals surface area contributed by atoms with Crippen molar-refractivity contribution < 1.29 is 9.53 Å². The molecule has 0 aromatic heterocycles. The summed E-state index contributed by atoms with van der Waals surface area (Å²) in [5, 5.41) is 6.27. The highest BCUT2D eigenvalue weighted by atomic mass is 32.2. The van der Waals surface area contributed by atoms with Gasteiger partial charge in [0.1, 0.15) is 0 Å². The molecule has 5 heteroatoms. The van der Waals surface area contributed by atoms with Crippen molar-refractivity contribution in [3.8, 4) is 0 Å². The average Bonchev–Trinajstić information content (AvgIpc) is 2.83. The second-order valence-corrected chi connectivity index (χ2v) is 6.25. The molecule has 1 aromatic rings. The lowest BCUT2D eigenvalue weighted by molar-refractivity contribution is 0.114. The Labute approximate surface area is 124 Å². The normalized spacial score (nSPS) is 23.4. The van der Waals surface area contributed by atoms with Gasteiger partial charge in [-0.15, -0.1) is 0 Å². The van der Waals surface area contributed by atoms with Gasteiger partial charge in [0.15, 0.2) is 0 Å². The standard InChI is InChI=1S/C15H22N2O2S/c1-10-14(7-8-19-10)17-15(18)16-13-6-4-5-12(9-13)11(2)20-3/h4-6,9-11,14H,7-8H2,1-3H3,(H2,16,17,18). The molecular weight excluding hydrogens is 272 g/mol. The summed E-state index contributed by atoms with van der Waals surface area (Å²) in [5.41, 5.74) is 2.04. The van der Waals surface area contributed by atoms with Gasteiger partial charge in [-0.05, 0) is 44.2 Å². The van der Waals surface area contributed by atoms with Gasteiger partial charge in [0, 0.05) is 17.5 Å². The van der Waals surface area contributed by atoms with Crippen molar-refractivity contribution in [2.75, 3.05) is 18.2 Å². The van der Waals surface area contributed by atoms with E-state index in [0.717, 1.165) is 12.1 Å². The van der Waals surface area contributed by atoms with Crippen LogP contribution in [0.5, 0.6) is 0 Å². The highest BCUT2D eigenvalue weighted by Crippen LogP contribution is 2.27. The van der Waals surface area contributed by atoms with Crippen molar-refractivity contribution in [3.63, 3.8) is 0 Å². The highest BCUT2D eigenvalue weighted by molar-refractivity contribution is 7.98. The van der Waals surface area contributed by atoms with E-state index in [0.29, 0.717) is 11.9 Å². The summed E-state index contributed by atoms with van der Waals surface area (Å²) in [4.78, 5) is 12.0. The lowest BCUT2D eigenvalue weighted by Gasteiger charge is -2.17. The number of carbonyl (C=O) groups excluding carboxylic acids is 1. The number of hydrogen-bond donors (Lipinski definition) is 2. The van der Waals surface area contributed by atoms with Gasteiger partial charge < -0.3 is 15.4 Å². The van der Waals surface area contributed by atoms with E-state index in [1.54, 1.807) is 11.8 Å². The number of amides is 2. The van der Waals surface area contributed by atoms with E-state index in [4.69, 9.17) is 4.74 Å². The molecule has 2 amide bonds. The molecule has 2 rings (SSSR count). The van der Waals surface area contributed by atoms with Crippen molar-refractivity contribution in [1.29, 1.82) is 0 Å². The van der Waals surface area contributed by atoms with Crippen LogP contribution in [-0.4, -0.2) is 31.0 Å². The minimum absolute atomic E-state index is 0.0867. The first-order valence-electron chi connectivity index (χ1n) is 6.92. The van der Waals surface area contributed by atoms with E-state index in [2.05, 4.69) is 29.9 Å². The number of rotatable bonds is 4. The Kier molecular flexibility index (Phi) is 5.31. The third kappa shape index (κ3) is 3.90. The minimum atomic E-state index is -0.165. The van der Waals surface area contributed by atoms with Crippen LogP contribution in [0.1, 0.15) is 31.1 Å².